The van der Waals surface area contributed by atoms with E-state index < -0.39 is 11.7 Å². The average Bonchev–Trinajstić information content (AvgIpc) is 2.53. The molecule has 116 valence electrons. The van der Waals surface area contributed by atoms with Crippen LogP contribution in [-0.2, 0) is 6.18 Å². The lowest BCUT2D eigenvalue weighted by Crippen LogP contribution is -2.33. The van der Waals surface area contributed by atoms with Crippen molar-refractivity contribution < 1.29 is 18.3 Å². The van der Waals surface area contributed by atoms with Crippen LogP contribution in [0.1, 0.15) is 5.56 Å². The summed E-state index contributed by atoms with van der Waals surface area (Å²) in [5, 5.41) is 10.1. The zero-order valence-corrected chi connectivity index (χ0v) is 12.2. The Morgan fingerprint density at radius 3 is 2.59 bits per heavy atom. The monoisotopic (exact) mass is 326 g/mol. The molecule has 0 bridgehead atoms. The van der Waals surface area contributed by atoms with E-state index in [1.165, 1.54) is 23.9 Å². The van der Waals surface area contributed by atoms with E-state index in [4.69, 9.17) is 0 Å². The van der Waals surface area contributed by atoms with Crippen molar-refractivity contribution in [3.8, 4) is 0 Å². The lowest BCUT2D eigenvalue weighted by Gasteiger charge is -2.34. The Kier molecular flexibility index (Phi) is 4.01. The van der Waals surface area contributed by atoms with Gasteiger partial charge in [-0.15, -0.1) is 0 Å². The molecule has 0 spiro atoms. The van der Waals surface area contributed by atoms with Crippen molar-refractivity contribution in [2.24, 2.45) is 0 Å². The first-order valence-corrected chi connectivity index (χ1v) is 7.54. The van der Waals surface area contributed by atoms with Crippen LogP contribution >= 0.6 is 11.8 Å². The first-order chi connectivity index (χ1) is 10.5. The van der Waals surface area contributed by atoms with Crippen LogP contribution in [0.2, 0.25) is 0 Å². The van der Waals surface area contributed by atoms with E-state index in [-0.39, 0.29) is 11.9 Å². The third-order valence-electron chi connectivity index (χ3n) is 3.42. The number of nitrogens with zero attached hydrogens (tertiary/aromatic N) is 2. The number of aliphatic hydroxyl groups excluding tert-OH is 1. The van der Waals surface area contributed by atoms with Crippen molar-refractivity contribution in [1.29, 1.82) is 0 Å². The van der Waals surface area contributed by atoms with Crippen molar-refractivity contribution >= 4 is 23.1 Å². The zero-order valence-electron chi connectivity index (χ0n) is 11.4. The first-order valence-electron chi connectivity index (χ1n) is 6.66. The molecule has 7 heteroatoms. The van der Waals surface area contributed by atoms with E-state index in [2.05, 4.69) is 4.98 Å². The minimum Gasteiger partial charge on any atom is -0.395 e. The van der Waals surface area contributed by atoms with Gasteiger partial charge in [0, 0.05) is 18.4 Å². The van der Waals surface area contributed by atoms with Gasteiger partial charge in [-0.1, -0.05) is 11.8 Å². The Hall–Kier alpha value is -1.73. The third kappa shape index (κ3) is 2.91. The fourth-order valence-corrected chi connectivity index (χ4v) is 3.38. The number of alkyl halides is 3. The number of halogens is 3. The van der Waals surface area contributed by atoms with Crippen LogP contribution in [0.15, 0.2) is 47.6 Å². The van der Waals surface area contributed by atoms with Crippen LogP contribution in [0, 0.1) is 0 Å². The molecule has 22 heavy (non-hydrogen) atoms. The summed E-state index contributed by atoms with van der Waals surface area (Å²) in [4.78, 5) is 6.17. The molecular formula is C15H13F3N2OS. The predicted octanol–water partition coefficient (Wildman–Crippen LogP) is 3.71. The topological polar surface area (TPSA) is 36.4 Å². The summed E-state index contributed by atoms with van der Waals surface area (Å²) in [7, 11) is 0. The maximum atomic E-state index is 12.7. The maximum absolute atomic E-state index is 12.7. The summed E-state index contributed by atoms with van der Waals surface area (Å²) in [6.07, 6.45) is -2.68. The largest absolute Gasteiger partial charge is 0.416 e. The number of pyridine rings is 1. The van der Waals surface area contributed by atoms with E-state index in [9.17, 15) is 18.3 Å². The highest BCUT2D eigenvalue weighted by atomic mass is 32.2. The van der Waals surface area contributed by atoms with Crippen LogP contribution in [0.25, 0.3) is 0 Å². The number of hydrogen-bond acceptors (Lipinski definition) is 4. The average molecular weight is 326 g/mol. The van der Waals surface area contributed by atoms with E-state index >= 15 is 0 Å². The highest BCUT2D eigenvalue weighted by Gasteiger charge is 2.31. The molecule has 1 aliphatic heterocycles. The lowest BCUT2D eigenvalue weighted by molar-refractivity contribution is -0.137. The van der Waals surface area contributed by atoms with Crippen molar-refractivity contribution in [3.05, 3.63) is 48.2 Å². The van der Waals surface area contributed by atoms with E-state index in [1.54, 1.807) is 12.3 Å². The van der Waals surface area contributed by atoms with Crippen molar-refractivity contribution in [1.82, 2.24) is 4.98 Å². The Bertz CT molecular complexity index is 661. The minimum absolute atomic E-state index is 0.0161. The molecule has 1 unspecified atom stereocenters. The lowest BCUT2D eigenvalue weighted by atomic mass is 10.1. The van der Waals surface area contributed by atoms with E-state index in [1.807, 2.05) is 11.0 Å². The van der Waals surface area contributed by atoms with Gasteiger partial charge in [0.25, 0.3) is 0 Å². The van der Waals surface area contributed by atoms with Gasteiger partial charge in [-0.25, -0.2) is 4.98 Å². The van der Waals surface area contributed by atoms with Crippen LogP contribution in [0.4, 0.5) is 24.5 Å². The number of anilines is 2. The SMILES string of the molecule is OCC1CN(c2ccc(C(F)(F)F)cc2)c2cccnc2S1. The summed E-state index contributed by atoms with van der Waals surface area (Å²) in [5.41, 5.74) is 0.825. The number of rotatable bonds is 2. The Morgan fingerprint density at radius 1 is 1.23 bits per heavy atom. The molecule has 2 aromatic rings. The Morgan fingerprint density at radius 2 is 1.95 bits per heavy atom. The standard InChI is InChI=1S/C15H13F3N2OS/c16-15(17,18)10-3-5-11(6-4-10)20-8-12(9-21)22-14-13(20)2-1-7-19-14/h1-7,12,21H,8-9H2. The second-order valence-corrected chi connectivity index (χ2v) is 6.19. The van der Waals surface area contributed by atoms with Crippen molar-refractivity contribution in [3.63, 3.8) is 0 Å². The van der Waals surface area contributed by atoms with Gasteiger partial charge in [-0.2, -0.15) is 13.2 Å². The molecule has 1 N–H and O–H groups in total. The van der Waals surface area contributed by atoms with Gasteiger partial charge in [-0.05, 0) is 36.4 Å². The van der Waals surface area contributed by atoms with E-state index in [0.29, 0.717) is 12.2 Å². The van der Waals surface area contributed by atoms with Gasteiger partial charge in [0.15, 0.2) is 0 Å². The molecule has 1 atom stereocenters. The summed E-state index contributed by atoms with van der Waals surface area (Å²) >= 11 is 1.48. The molecule has 1 aromatic carbocycles. The molecule has 0 amide bonds. The molecule has 0 saturated heterocycles. The van der Waals surface area contributed by atoms with E-state index in [0.717, 1.165) is 22.8 Å². The third-order valence-corrected chi connectivity index (χ3v) is 4.59. The molecule has 2 heterocycles. The number of aromatic nitrogens is 1. The predicted molar refractivity (Wildman–Crippen MR) is 79.4 cm³/mol. The highest BCUT2D eigenvalue weighted by Crippen LogP contribution is 2.41. The summed E-state index contributed by atoms with van der Waals surface area (Å²) in [6.45, 7) is 0.503. The Balaban J connectivity index is 1.97. The molecule has 0 fully saturated rings. The second-order valence-electron chi connectivity index (χ2n) is 4.91. The molecule has 3 nitrogen and oxygen atoms in total. The van der Waals surface area contributed by atoms with Crippen molar-refractivity contribution in [2.75, 3.05) is 18.1 Å². The molecule has 1 aliphatic rings. The van der Waals surface area contributed by atoms with Crippen molar-refractivity contribution in [2.45, 2.75) is 16.5 Å². The van der Waals surface area contributed by atoms with Crippen LogP contribution in [0.5, 0.6) is 0 Å². The normalized spacial score (nSPS) is 18.2. The molecular weight excluding hydrogens is 313 g/mol. The van der Waals surface area contributed by atoms with Gasteiger partial charge in [0.1, 0.15) is 5.03 Å². The van der Waals surface area contributed by atoms with Gasteiger partial charge in [0.2, 0.25) is 0 Å². The fraction of sp³-hybridized carbons (Fsp3) is 0.267. The molecule has 0 saturated carbocycles. The fourth-order valence-electron chi connectivity index (χ4n) is 2.35. The number of aliphatic hydroxyl groups is 1. The van der Waals surface area contributed by atoms with Crippen LogP contribution < -0.4 is 4.90 Å². The minimum atomic E-state index is -4.34. The van der Waals surface area contributed by atoms with Gasteiger partial charge >= 0.3 is 6.18 Å². The molecule has 3 rings (SSSR count). The van der Waals surface area contributed by atoms with Gasteiger partial charge in [0.05, 0.1) is 23.1 Å². The maximum Gasteiger partial charge on any atom is 0.416 e. The Labute approximate surface area is 129 Å². The summed E-state index contributed by atoms with van der Waals surface area (Å²) in [5.74, 6) is 0. The summed E-state index contributed by atoms with van der Waals surface area (Å²) < 4.78 is 38.0. The molecule has 0 aliphatic carbocycles. The smallest absolute Gasteiger partial charge is 0.395 e. The van der Waals surface area contributed by atoms with Crippen LogP contribution in [0.3, 0.4) is 0 Å². The van der Waals surface area contributed by atoms with Crippen LogP contribution in [-0.4, -0.2) is 28.5 Å². The van der Waals surface area contributed by atoms with Gasteiger partial charge < -0.3 is 10.0 Å². The number of benzene rings is 1. The second kappa shape index (κ2) is 5.81. The zero-order chi connectivity index (χ0) is 15.7. The quantitative estimate of drug-likeness (QED) is 0.913. The number of fused-ring (bicyclic) bond motifs is 1. The van der Waals surface area contributed by atoms with Gasteiger partial charge in [-0.3, -0.25) is 0 Å². The highest BCUT2D eigenvalue weighted by molar-refractivity contribution is 8.00. The summed E-state index contributed by atoms with van der Waals surface area (Å²) in [6, 6.07) is 8.70. The molecule has 0 radical (unpaired) electrons. The molecule has 1 aromatic heterocycles. The number of thioether (sulfide) groups is 1. The first kappa shape index (κ1) is 15.2. The number of hydrogen-bond donors (Lipinski definition) is 1.